The number of aromatic amines is 1. The van der Waals surface area contributed by atoms with E-state index in [9.17, 15) is 4.79 Å². The summed E-state index contributed by atoms with van der Waals surface area (Å²) in [4.78, 5) is 16.3. The first-order valence-corrected chi connectivity index (χ1v) is 8.40. The Kier molecular flexibility index (Phi) is 4.15. The fourth-order valence-electron chi connectivity index (χ4n) is 2.76. The van der Waals surface area contributed by atoms with Gasteiger partial charge in [-0.3, -0.25) is 4.79 Å². The van der Waals surface area contributed by atoms with Crippen LogP contribution in [0.5, 0.6) is 0 Å². The summed E-state index contributed by atoms with van der Waals surface area (Å²) in [6, 6.07) is 5.96. The Bertz CT molecular complexity index is 750. The highest BCUT2D eigenvalue weighted by Gasteiger charge is 2.25. The number of aryl methyl sites for hydroxylation is 1. The minimum absolute atomic E-state index is 0.0289. The topological polar surface area (TPSA) is 44.9 Å². The van der Waals surface area contributed by atoms with Crippen LogP contribution in [0.2, 0.25) is 5.02 Å². The Balaban J connectivity index is 1.71. The van der Waals surface area contributed by atoms with Gasteiger partial charge in [-0.15, -0.1) is 11.3 Å². The van der Waals surface area contributed by atoms with Gasteiger partial charge in [0.05, 0.1) is 12.5 Å². The van der Waals surface area contributed by atoms with Gasteiger partial charge in [-0.05, 0) is 49.2 Å². The van der Waals surface area contributed by atoms with Crippen LogP contribution >= 0.6 is 35.2 Å². The molecule has 1 aliphatic rings. The van der Waals surface area contributed by atoms with Crippen LogP contribution in [-0.2, 0) is 17.6 Å². The maximum absolute atomic E-state index is 12.2. The molecule has 1 unspecified atom stereocenters. The highest BCUT2D eigenvalue weighted by Crippen LogP contribution is 2.35. The van der Waals surface area contributed by atoms with E-state index in [1.54, 1.807) is 0 Å². The van der Waals surface area contributed by atoms with E-state index in [1.165, 1.54) is 11.3 Å². The summed E-state index contributed by atoms with van der Waals surface area (Å²) < 4.78 is 0.716. The zero-order chi connectivity index (χ0) is 15.0. The van der Waals surface area contributed by atoms with Crippen LogP contribution in [0.1, 0.15) is 34.2 Å². The highest BCUT2D eigenvalue weighted by atomic mass is 35.5. The number of carbonyl (C=O) groups excluding carboxylic acids is 1. The van der Waals surface area contributed by atoms with Gasteiger partial charge in [-0.25, -0.2) is 0 Å². The van der Waals surface area contributed by atoms with Gasteiger partial charge in [-0.2, -0.15) is 0 Å². The largest absolute Gasteiger partial charge is 0.349 e. The summed E-state index contributed by atoms with van der Waals surface area (Å²) >= 11 is 12.8. The zero-order valence-electron chi connectivity index (χ0n) is 11.5. The molecule has 1 aromatic heterocycles. The molecule has 1 heterocycles. The highest BCUT2D eigenvalue weighted by molar-refractivity contribution is 7.73. The van der Waals surface area contributed by atoms with Crippen molar-refractivity contribution >= 4 is 41.1 Å². The van der Waals surface area contributed by atoms with Crippen LogP contribution in [0.15, 0.2) is 18.2 Å². The molecule has 6 heteroatoms. The normalized spacial score (nSPS) is 16.8. The minimum Gasteiger partial charge on any atom is -0.349 e. The van der Waals surface area contributed by atoms with E-state index < -0.39 is 0 Å². The predicted octanol–water partition coefficient (Wildman–Crippen LogP) is 4.11. The lowest BCUT2D eigenvalue weighted by atomic mass is 10.1. The molecule has 21 heavy (non-hydrogen) atoms. The summed E-state index contributed by atoms with van der Waals surface area (Å²) in [7, 11) is 0. The molecular weight excluding hydrogens is 324 g/mol. The molecule has 0 radical (unpaired) electrons. The second kappa shape index (κ2) is 5.91. The molecule has 1 aliphatic carbocycles. The first-order chi connectivity index (χ1) is 10.0. The molecule has 0 fully saturated rings. The standard InChI is InChI=1S/C15H15ClN2OS2/c1-8-13(21-15(20)17-8)7-14(19)18-12-6-5-9-10(12)3-2-4-11(9)16/h2-4,12H,5-7H2,1H3,(H,17,20)(H,18,19). The summed E-state index contributed by atoms with van der Waals surface area (Å²) in [6.07, 6.45) is 2.20. The van der Waals surface area contributed by atoms with Crippen LogP contribution in [0, 0.1) is 10.9 Å². The molecule has 0 saturated heterocycles. The van der Waals surface area contributed by atoms with Gasteiger partial charge in [0.25, 0.3) is 0 Å². The van der Waals surface area contributed by atoms with E-state index in [-0.39, 0.29) is 11.9 Å². The Labute approximate surface area is 137 Å². The van der Waals surface area contributed by atoms with Crippen molar-refractivity contribution < 1.29 is 4.79 Å². The molecule has 0 bridgehead atoms. The summed E-state index contributed by atoms with van der Waals surface area (Å²) in [5.74, 6) is 0.0289. The Morgan fingerprint density at radius 3 is 3.10 bits per heavy atom. The quantitative estimate of drug-likeness (QED) is 0.827. The van der Waals surface area contributed by atoms with Crippen molar-refractivity contribution in [3.63, 3.8) is 0 Å². The molecule has 3 nitrogen and oxygen atoms in total. The molecular formula is C15H15ClN2OS2. The third-order valence-electron chi connectivity index (χ3n) is 3.79. The first-order valence-electron chi connectivity index (χ1n) is 6.80. The van der Waals surface area contributed by atoms with Crippen molar-refractivity contribution in [2.24, 2.45) is 0 Å². The molecule has 0 aliphatic heterocycles. The van der Waals surface area contributed by atoms with Gasteiger partial charge in [-0.1, -0.05) is 23.7 Å². The SMILES string of the molecule is Cc1[nH]c(=S)sc1CC(=O)NC1CCc2c(Cl)cccc21. The number of thiazole rings is 1. The number of carbonyl (C=O) groups is 1. The van der Waals surface area contributed by atoms with Crippen molar-refractivity contribution in [2.75, 3.05) is 0 Å². The number of hydrogen-bond donors (Lipinski definition) is 2. The van der Waals surface area contributed by atoms with Crippen LogP contribution in [0.4, 0.5) is 0 Å². The van der Waals surface area contributed by atoms with Crippen molar-refractivity contribution in [3.8, 4) is 0 Å². The maximum Gasteiger partial charge on any atom is 0.225 e. The lowest BCUT2D eigenvalue weighted by molar-refractivity contribution is -0.121. The van der Waals surface area contributed by atoms with Gasteiger partial charge in [0.1, 0.15) is 0 Å². The number of H-pyrrole nitrogens is 1. The zero-order valence-corrected chi connectivity index (χ0v) is 13.9. The molecule has 0 spiro atoms. The molecule has 110 valence electrons. The fourth-order valence-corrected chi connectivity index (χ4v) is 4.32. The molecule has 0 saturated carbocycles. The number of halogens is 1. The number of fused-ring (bicyclic) bond motifs is 1. The van der Waals surface area contributed by atoms with Crippen molar-refractivity contribution in [1.29, 1.82) is 0 Å². The van der Waals surface area contributed by atoms with Gasteiger partial charge < -0.3 is 10.3 Å². The average molecular weight is 339 g/mol. The van der Waals surface area contributed by atoms with E-state index >= 15 is 0 Å². The van der Waals surface area contributed by atoms with Crippen molar-refractivity contribution in [1.82, 2.24) is 10.3 Å². The molecule has 2 N–H and O–H groups in total. The number of hydrogen-bond acceptors (Lipinski definition) is 3. The van der Waals surface area contributed by atoms with Gasteiger partial charge in [0.2, 0.25) is 5.91 Å². The third-order valence-corrected chi connectivity index (χ3v) is 5.48. The molecule has 2 aromatic rings. The van der Waals surface area contributed by atoms with Gasteiger partial charge in [0.15, 0.2) is 3.95 Å². The smallest absolute Gasteiger partial charge is 0.225 e. The lowest BCUT2D eigenvalue weighted by Crippen LogP contribution is -2.28. The summed E-state index contributed by atoms with van der Waals surface area (Å²) in [5.41, 5.74) is 3.29. The predicted molar refractivity (Wildman–Crippen MR) is 88.6 cm³/mol. The van der Waals surface area contributed by atoms with E-state index in [4.69, 9.17) is 23.8 Å². The average Bonchev–Trinajstić information content (AvgIpc) is 2.95. The van der Waals surface area contributed by atoms with E-state index in [0.29, 0.717) is 10.4 Å². The number of amides is 1. The van der Waals surface area contributed by atoms with Gasteiger partial charge >= 0.3 is 0 Å². The fraction of sp³-hybridized carbons (Fsp3) is 0.333. The Morgan fingerprint density at radius 1 is 1.57 bits per heavy atom. The number of nitrogens with one attached hydrogen (secondary N) is 2. The van der Waals surface area contributed by atoms with E-state index in [1.807, 2.05) is 25.1 Å². The number of benzene rings is 1. The second-order valence-corrected chi connectivity index (χ2v) is 7.38. The Morgan fingerprint density at radius 2 is 2.38 bits per heavy atom. The molecule has 1 atom stereocenters. The summed E-state index contributed by atoms with van der Waals surface area (Å²) in [5, 5.41) is 3.90. The summed E-state index contributed by atoms with van der Waals surface area (Å²) in [6.45, 7) is 1.94. The second-order valence-electron chi connectivity index (χ2n) is 5.21. The van der Waals surface area contributed by atoms with Crippen LogP contribution < -0.4 is 5.32 Å². The van der Waals surface area contributed by atoms with E-state index in [0.717, 1.165) is 39.6 Å². The van der Waals surface area contributed by atoms with E-state index in [2.05, 4.69) is 10.3 Å². The molecule has 1 aromatic carbocycles. The number of aromatic nitrogens is 1. The van der Waals surface area contributed by atoms with Crippen LogP contribution in [0.25, 0.3) is 0 Å². The molecule has 1 amide bonds. The first kappa shape index (κ1) is 14.8. The van der Waals surface area contributed by atoms with Crippen LogP contribution in [-0.4, -0.2) is 10.9 Å². The monoisotopic (exact) mass is 338 g/mol. The third kappa shape index (κ3) is 3.05. The minimum atomic E-state index is 0.0289. The number of rotatable bonds is 3. The molecule has 3 rings (SSSR count). The van der Waals surface area contributed by atoms with Crippen molar-refractivity contribution in [3.05, 3.63) is 48.9 Å². The van der Waals surface area contributed by atoms with Gasteiger partial charge in [0, 0.05) is 15.6 Å². The lowest BCUT2D eigenvalue weighted by Gasteiger charge is -2.14. The Hall–Kier alpha value is -1.17. The van der Waals surface area contributed by atoms with Crippen molar-refractivity contribution in [2.45, 2.75) is 32.2 Å². The maximum atomic E-state index is 12.2. The van der Waals surface area contributed by atoms with Crippen LogP contribution in [0.3, 0.4) is 0 Å².